The van der Waals surface area contributed by atoms with Crippen LogP contribution in [0.4, 0.5) is 0 Å². The third-order valence-corrected chi connectivity index (χ3v) is 22.6. The maximum atomic E-state index is 13.3. The first-order chi connectivity index (χ1) is 28.9. The zero-order valence-corrected chi connectivity index (χ0v) is 39.7. The van der Waals surface area contributed by atoms with Crippen molar-refractivity contribution in [1.29, 1.82) is 0 Å². The van der Waals surface area contributed by atoms with E-state index in [4.69, 9.17) is 9.47 Å². The summed E-state index contributed by atoms with van der Waals surface area (Å²) in [6, 6.07) is 4.18. The largest absolute Gasteiger partial charge is 0.504 e. The lowest BCUT2D eigenvalue weighted by Crippen LogP contribution is -2.69. The van der Waals surface area contributed by atoms with Gasteiger partial charge in [0.05, 0.1) is 0 Å². The van der Waals surface area contributed by atoms with E-state index >= 15 is 0 Å². The molecule has 1 heterocycles. The van der Waals surface area contributed by atoms with E-state index in [0.717, 1.165) is 86.0 Å². The maximum absolute atomic E-state index is 13.3. The van der Waals surface area contributed by atoms with Crippen LogP contribution in [0.5, 0.6) is 23.0 Å². The summed E-state index contributed by atoms with van der Waals surface area (Å²) in [5.74, 6) is 3.46. The van der Waals surface area contributed by atoms with E-state index in [1.807, 2.05) is 13.0 Å². The van der Waals surface area contributed by atoms with Gasteiger partial charge < -0.3 is 19.7 Å². The Bertz CT molecular complexity index is 2460. The van der Waals surface area contributed by atoms with Crippen LogP contribution in [0.15, 0.2) is 24.3 Å². The van der Waals surface area contributed by atoms with Gasteiger partial charge in [0.25, 0.3) is 0 Å². The predicted octanol–water partition coefficient (Wildman–Crippen LogP) is 13.0. The number of phenols is 2. The minimum Gasteiger partial charge on any atom is -0.504 e. The van der Waals surface area contributed by atoms with Gasteiger partial charge in [-0.3, -0.25) is 9.59 Å². The molecule has 0 radical (unpaired) electrons. The van der Waals surface area contributed by atoms with Gasteiger partial charge in [0.1, 0.15) is 17.7 Å². The van der Waals surface area contributed by atoms with Gasteiger partial charge in [-0.25, -0.2) is 0 Å². The van der Waals surface area contributed by atoms with Gasteiger partial charge >= 0.3 is 0 Å². The van der Waals surface area contributed by atoms with Gasteiger partial charge in [0.15, 0.2) is 29.1 Å². The predicted molar refractivity (Wildman–Crippen MR) is 244 cm³/mol. The lowest BCUT2D eigenvalue weighted by Gasteiger charge is -2.72. The smallest absolute Gasteiger partial charge is 0.165 e. The lowest BCUT2D eigenvalue weighted by molar-refractivity contribution is -0.230. The van der Waals surface area contributed by atoms with Crippen LogP contribution in [-0.2, 0) is 15.0 Å². The summed E-state index contributed by atoms with van der Waals surface area (Å²) in [6.07, 6.45) is 17.1. The van der Waals surface area contributed by atoms with E-state index in [1.54, 1.807) is 0 Å². The number of fused-ring (bicyclic) bond motifs is 18. The number of allylic oxidation sites excluding steroid dienone is 3. The number of hydrogen-bond acceptors (Lipinski definition) is 6. The first-order valence-electron chi connectivity index (χ1n) is 24.4. The molecule has 0 saturated heterocycles. The molecule has 0 aromatic heterocycles. The third kappa shape index (κ3) is 4.59. The van der Waals surface area contributed by atoms with Crippen molar-refractivity contribution in [2.24, 2.45) is 67.5 Å². The minimum atomic E-state index is -0.467. The summed E-state index contributed by atoms with van der Waals surface area (Å²) in [5, 5.41) is 22.7. The van der Waals surface area contributed by atoms with Crippen molar-refractivity contribution in [3.8, 4) is 23.0 Å². The Labute approximate surface area is 370 Å². The number of ether oxygens (including phenoxy) is 2. The Morgan fingerprint density at radius 2 is 1.32 bits per heavy atom. The number of carbonyl (C=O) groups is 2. The fourth-order valence-corrected chi connectivity index (χ4v) is 18.2. The SMILES string of the molecule is Cc1c2c(cc3c1OC1c4c(cc(O)c(O)c4C)C4(C)CCC5(C)C6CC(C)C(=O)CC6(C)CCC5(C)C4C1O3)C1=CCC3(C)C4CC(C)C(=O)CC4(C)CCC3(C)C1(C)C=C2. The van der Waals surface area contributed by atoms with Gasteiger partial charge in [-0.2, -0.15) is 0 Å². The molecule has 1 aliphatic heterocycles. The second-order valence-corrected chi connectivity index (χ2v) is 25.1. The highest BCUT2D eigenvalue weighted by Crippen LogP contribution is 2.78. The molecule has 332 valence electrons. The highest BCUT2D eigenvalue weighted by atomic mass is 16.6. The van der Waals surface area contributed by atoms with Crippen molar-refractivity contribution in [3.05, 3.63) is 57.7 Å². The molecule has 9 aliphatic rings. The number of hydrogen-bond donors (Lipinski definition) is 2. The topological polar surface area (TPSA) is 93.1 Å². The zero-order chi connectivity index (χ0) is 44.3. The quantitative estimate of drug-likeness (QED) is 0.257. The molecule has 11 rings (SSSR count). The molecular formula is C56H72O6. The van der Waals surface area contributed by atoms with Crippen molar-refractivity contribution in [2.45, 2.75) is 171 Å². The lowest BCUT2D eigenvalue weighted by atomic mass is 9.32. The second-order valence-electron chi connectivity index (χ2n) is 25.1. The zero-order valence-electron chi connectivity index (χ0n) is 39.7. The Morgan fingerprint density at radius 1 is 0.710 bits per heavy atom. The van der Waals surface area contributed by atoms with E-state index in [1.165, 1.54) is 16.7 Å². The molecule has 2 aromatic carbocycles. The van der Waals surface area contributed by atoms with Crippen molar-refractivity contribution in [3.63, 3.8) is 0 Å². The first kappa shape index (κ1) is 41.2. The number of Topliss-reactive ketones (excluding diaryl/α,β-unsaturated/α-hetero) is 2. The summed E-state index contributed by atoms with van der Waals surface area (Å²) in [5.41, 5.74) is 6.96. The number of rotatable bonds is 0. The molecule has 62 heavy (non-hydrogen) atoms. The van der Waals surface area contributed by atoms with E-state index in [9.17, 15) is 19.8 Å². The number of phenolic OH excluding ortho intramolecular Hbond substituents is 2. The first-order valence-corrected chi connectivity index (χ1v) is 24.4. The monoisotopic (exact) mass is 841 g/mol. The molecule has 15 atom stereocenters. The fourth-order valence-electron chi connectivity index (χ4n) is 18.2. The minimum absolute atomic E-state index is 0.00729. The van der Waals surface area contributed by atoms with E-state index < -0.39 is 6.10 Å². The van der Waals surface area contributed by atoms with Crippen LogP contribution in [0.2, 0.25) is 0 Å². The molecule has 0 amide bonds. The molecule has 15 unspecified atom stereocenters. The molecule has 5 fully saturated rings. The number of aromatic hydroxyl groups is 2. The summed E-state index contributed by atoms with van der Waals surface area (Å²) in [7, 11) is 0. The summed E-state index contributed by atoms with van der Waals surface area (Å²) >= 11 is 0. The number of ketones is 2. The van der Waals surface area contributed by atoms with Gasteiger partial charge in [-0.1, -0.05) is 87.5 Å². The van der Waals surface area contributed by atoms with Gasteiger partial charge in [-0.15, -0.1) is 0 Å². The summed E-state index contributed by atoms with van der Waals surface area (Å²) in [6.45, 7) is 28.4. The maximum Gasteiger partial charge on any atom is 0.165 e. The van der Waals surface area contributed by atoms with Crippen molar-refractivity contribution < 1.29 is 29.3 Å². The van der Waals surface area contributed by atoms with Gasteiger partial charge in [0, 0.05) is 58.1 Å². The van der Waals surface area contributed by atoms with Gasteiger partial charge in [-0.05, 0) is 150 Å². The normalized spacial score (nSPS) is 48.1. The van der Waals surface area contributed by atoms with Crippen molar-refractivity contribution in [1.82, 2.24) is 0 Å². The summed E-state index contributed by atoms with van der Waals surface area (Å²) < 4.78 is 15.2. The molecule has 0 spiro atoms. The molecule has 2 N–H and O–H groups in total. The standard InChI is InChI=1S/C56H72O6/c1-29-23-41-49(5,27-38(29)58)17-20-55(11)48-47-46(43-32(4)44(60)37(57)26-36(43)51(48,7)19-21-53(41,55)9)62-45-31(3)33-13-15-52(8)35(34(33)25-40(45)61-47)14-16-54(10)42-24-30(2)39(59)28-50(42,6)18-22-56(52,54)12/h13-15,25-26,29-30,41-42,46-48,57,60H,16-24,27-28H2,1-12H3. The van der Waals surface area contributed by atoms with E-state index in [0.29, 0.717) is 41.8 Å². The van der Waals surface area contributed by atoms with Crippen molar-refractivity contribution >= 4 is 23.2 Å². The Balaban J connectivity index is 1.06. The third-order valence-electron chi connectivity index (χ3n) is 22.6. The van der Waals surface area contributed by atoms with Crippen molar-refractivity contribution in [2.75, 3.05) is 0 Å². The van der Waals surface area contributed by atoms with Crippen LogP contribution >= 0.6 is 0 Å². The molecule has 0 bridgehead atoms. The van der Waals surface area contributed by atoms with Gasteiger partial charge in [0.2, 0.25) is 0 Å². The summed E-state index contributed by atoms with van der Waals surface area (Å²) in [4.78, 5) is 26.5. The second kappa shape index (κ2) is 12.2. The van der Waals surface area contributed by atoms with Crippen LogP contribution in [0.25, 0.3) is 11.6 Å². The van der Waals surface area contributed by atoms with Crippen LogP contribution in [0.3, 0.4) is 0 Å². The fraction of sp³-hybridized carbons (Fsp3) is 0.679. The Hall–Kier alpha value is -3.54. The Morgan fingerprint density at radius 3 is 1.98 bits per heavy atom. The average Bonchev–Trinajstić information content (AvgIpc) is 3.20. The highest BCUT2D eigenvalue weighted by Gasteiger charge is 2.72. The molecule has 5 saturated carbocycles. The molecule has 6 heteroatoms. The molecule has 2 aromatic rings. The van der Waals surface area contributed by atoms with Crippen LogP contribution < -0.4 is 9.47 Å². The van der Waals surface area contributed by atoms with Crippen LogP contribution in [0, 0.1) is 81.3 Å². The highest BCUT2D eigenvalue weighted by molar-refractivity contribution is 5.88. The average molecular weight is 841 g/mol. The van der Waals surface area contributed by atoms with E-state index in [2.05, 4.69) is 100 Å². The number of benzene rings is 2. The van der Waals surface area contributed by atoms with E-state index in [-0.39, 0.29) is 78.7 Å². The Kier molecular flexibility index (Phi) is 8.11. The van der Waals surface area contributed by atoms with Crippen LogP contribution in [0.1, 0.15) is 179 Å². The molecule has 6 nitrogen and oxygen atoms in total. The van der Waals surface area contributed by atoms with Crippen LogP contribution in [-0.4, -0.2) is 27.9 Å². The number of carbonyl (C=O) groups excluding carboxylic acids is 2. The molecular weight excluding hydrogens is 769 g/mol. The molecule has 8 aliphatic carbocycles.